The normalized spacial score (nSPS) is 14.1. The number of carbonyl (C=O) groups is 1. The van der Waals surface area contributed by atoms with E-state index >= 15 is 0 Å². The Labute approximate surface area is 177 Å². The minimum atomic E-state index is -3.96. The molecule has 0 fully saturated rings. The smallest absolute Gasteiger partial charge is 0.477 e. The van der Waals surface area contributed by atoms with E-state index in [1.165, 1.54) is 53.2 Å². The lowest BCUT2D eigenvalue weighted by Crippen LogP contribution is -2.26. The molecular weight excluding hydrogens is 429 g/mol. The van der Waals surface area contributed by atoms with Crippen LogP contribution in [0.3, 0.4) is 0 Å². The molecule has 0 aliphatic carbocycles. The molecule has 3 heterocycles. The van der Waals surface area contributed by atoms with Gasteiger partial charge in [0.25, 0.3) is 5.56 Å². The van der Waals surface area contributed by atoms with E-state index in [-0.39, 0.29) is 45.6 Å². The Morgan fingerprint density at radius 3 is 2.59 bits per heavy atom. The number of benzene rings is 2. The Bertz CT molecular complexity index is 1460. The number of rotatable bonds is 4. The van der Waals surface area contributed by atoms with Crippen LogP contribution in [0.25, 0.3) is 22.0 Å². The van der Waals surface area contributed by atoms with Crippen molar-refractivity contribution in [3.8, 4) is 22.6 Å². The molecule has 1 aliphatic rings. The summed E-state index contributed by atoms with van der Waals surface area (Å²) in [6.45, 7) is -0.231. The molecule has 0 saturated carbocycles. The number of hydrogen-bond donors (Lipinski definition) is 2. The van der Waals surface area contributed by atoms with Gasteiger partial charge < -0.3 is 24.1 Å². The third kappa shape index (κ3) is 2.99. The molecule has 2 aromatic carbocycles. The van der Waals surface area contributed by atoms with Gasteiger partial charge in [0, 0.05) is 17.3 Å². The van der Waals surface area contributed by atoms with Crippen LogP contribution >= 0.6 is 0 Å². The molecule has 0 atom stereocenters. The highest BCUT2D eigenvalue weighted by Crippen LogP contribution is 2.50. The monoisotopic (exact) mass is 442 g/mol. The number of carboxylic acids is 1. The zero-order chi connectivity index (χ0) is 22.6. The van der Waals surface area contributed by atoms with Gasteiger partial charge in [-0.2, -0.15) is 0 Å². The molecule has 0 saturated heterocycles. The first kappa shape index (κ1) is 19.7. The van der Waals surface area contributed by atoms with Crippen LogP contribution < -0.4 is 15.0 Å². The molecule has 32 heavy (non-hydrogen) atoms. The van der Waals surface area contributed by atoms with Gasteiger partial charge in [-0.05, 0) is 30.3 Å². The zero-order valence-electron chi connectivity index (χ0n) is 16.1. The van der Waals surface area contributed by atoms with Gasteiger partial charge in [-0.1, -0.05) is 18.2 Å². The van der Waals surface area contributed by atoms with E-state index in [0.717, 1.165) is 0 Å². The summed E-state index contributed by atoms with van der Waals surface area (Å²) in [5, 5.41) is 10.0. The first-order valence-electron chi connectivity index (χ1n) is 9.36. The van der Waals surface area contributed by atoms with Crippen LogP contribution in [0.2, 0.25) is 0 Å². The van der Waals surface area contributed by atoms with E-state index in [1.807, 2.05) is 0 Å². The number of alkyl halides is 2. The maximum absolute atomic E-state index is 14.4. The third-order valence-electron chi connectivity index (χ3n) is 5.17. The van der Waals surface area contributed by atoms with Gasteiger partial charge >= 0.3 is 12.3 Å². The van der Waals surface area contributed by atoms with E-state index in [9.17, 15) is 27.9 Å². The summed E-state index contributed by atoms with van der Waals surface area (Å²) in [5.41, 5.74) is -0.902. The summed E-state index contributed by atoms with van der Waals surface area (Å²) in [6, 6.07) is 11.2. The molecule has 0 amide bonds. The largest absolute Gasteiger partial charge is 0.586 e. The number of hydrogen-bond acceptors (Lipinski definition) is 4. The standard InChI is InChI=1S/C22H13F3N2O5/c23-13-6-2-1-4-11(13)10-27-14-7-8-15-19(32-22(24,25)31-15)17(14)16(18(27)21(29)30)12-5-3-9-26-20(12)28/h1-9H,10H2,(H,26,28)(H,29,30). The minimum Gasteiger partial charge on any atom is -0.477 e. The van der Waals surface area contributed by atoms with Crippen LogP contribution in [-0.2, 0) is 6.54 Å². The van der Waals surface area contributed by atoms with Crippen molar-refractivity contribution in [2.24, 2.45) is 0 Å². The van der Waals surface area contributed by atoms with Crippen molar-refractivity contribution in [1.82, 2.24) is 9.55 Å². The molecule has 5 rings (SSSR count). The number of nitrogens with one attached hydrogen (secondary N) is 1. The molecule has 2 aromatic heterocycles. The molecule has 0 bridgehead atoms. The SMILES string of the molecule is O=C(O)c1c(-c2ccc[nH]c2=O)c2c3c(ccc2n1Cc1ccccc1F)OC(F)(F)O3. The molecule has 7 nitrogen and oxygen atoms in total. The van der Waals surface area contributed by atoms with Crippen molar-refractivity contribution in [3.05, 3.63) is 82.2 Å². The molecule has 10 heteroatoms. The van der Waals surface area contributed by atoms with Crippen LogP contribution in [-0.4, -0.2) is 26.9 Å². The maximum Gasteiger partial charge on any atom is 0.586 e. The number of aromatic carboxylic acids is 1. The van der Waals surface area contributed by atoms with Crippen LogP contribution in [0.1, 0.15) is 16.1 Å². The highest BCUT2D eigenvalue weighted by molar-refractivity contribution is 6.11. The Morgan fingerprint density at radius 2 is 1.88 bits per heavy atom. The van der Waals surface area contributed by atoms with Gasteiger partial charge in [0.2, 0.25) is 0 Å². The lowest BCUT2D eigenvalue weighted by Gasteiger charge is -2.10. The van der Waals surface area contributed by atoms with Gasteiger partial charge in [0.05, 0.1) is 23.0 Å². The summed E-state index contributed by atoms with van der Waals surface area (Å²) in [6.07, 6.45) is -2.61. The predicted octanol–water partition coefficient (Wildman–Crippen LogP) is 4.20. The Hall–Kier alpha value is -4.21. The quantitative estimate of drug-likeness (QED) is 0.494. The molecule has 2 N–H and O–H groups in total. The van der Waals surface area contributed by atoms with E-state index in [4.69, 9.17) is 0 Å². The maximum atomic E-state index is 14.4. The Kier molecular flexibility index (Phi) is 4.26. The molecule has 4 aromatic rings. The number of fused-ring (bicyclic) bond motifs is 3. The summed E-state index contributed by atoms with van der Waals surface area (Å²) in [5.74, 6) is -2.72. The molecular formula is C22H13F3N2O5. The van der Waals surface area contributed by atoms with E-state index in [1.54, 1.807) is 6.07 Å². The lowest BCUT2D eigenvalue weighted by molar-refractivity contribution is -0.286. The second-order valence-electron chi connectivity index (χ2n) is 7.07. The molecule has 1 aliphatic heterocycles. The Morgan fingerprint density at radius 1 is 1.09 bits per heavy atom. The number of aromatic nitrogens is 2. The molecule has 0 unspecified atom stereocenters. The second-order valence-corrected chi connectivity index (χ2v) is 7.07. The van der Waals surface area contributed by atoms with Gasteiger partial charge in [-0.15, -0.1) is 8.78 Å². The van der Waals surface area contributed by atoms with E-state index in [2.05, 4.69) is 14.5 Å². The zero-order valence-corrected chi connectivity index (χ0v) is 16.1. The number of carboxylic acid groups (broad SMARTS) is 1. The topological polar surface area (TPSA) is 93.6 Å². The number of aromatic amines is 1. The summed E-state index contributed by atoms with van der Waals surface area (Å²) >= 11 is 0. The number of halogens is 3. The summed E-state index contributed by atoms with van der Waals surface area (Å²) < 4.78 is 52.5. The number of H-pyrrole nitrogens is 1. The fraction of sp³-hybridized carbons (Fsp3) is 0.0909. The van der Waals surface area contributed by atoms with Crippen molar-refractivity contribution in [1.29, 1.82) is 0 Å². The average Bonchev–Trinajstić information content (AvgIpc) is 3.23. The van der Waals surface area contributed by atoms with E-state index in [0.29, 0.717) is 0 Å². The van der Waals surface area contributed by atoms with Crippen LogP contribution in [0.4, 0.5) is 13.2 Å². The summed E-state index contributed by atoms with van der Waals surface area (Å²) in [7, 11) is 0. The van der Waals surface area contributed by atoms with Crippen LogP contribution in [0.5, 0.6) is 11.5 Å². The summed E-state index contributed by atoms with van der Waals surface area (Å²) in [4.78, 5) is 27.3. The van der Waals surface area contributed by atoms with Crippen molar-refractivity contribution in [3.63, 3.8) is 0 Å². The van der Waals surface area contributed by atoms with Gasteiger partial charge in [0.15, 0.2) is 11.5 Å². The highest BCUT2D eigenvalue weighted by atomic mass is 19.3. The number of nitrogens with zero attached hydrogens (tertiary/aromatic N) is 1. The number of ether oxygens (including phenoxy) is 2. The third-order valence-corrected chi connectivity index (χ3v) is 5.17. The highest BCUT2D eigenvalue weighted by Gasteiger charge is 2.45. The average molecular weight is 442 g/mol. The van der Waals surface area contributed by atoms with Crippen molar-refractivity contribution < 1.29 is 32.5 Å². The lowest BCUT2D eigenvalue weighted by atomic mass is 10.0. The van der Waals surface area contributed by atoms with Gasteiger partial charge in [-0.25, -0.2) is 9.18 Å². The van der Waals surface area contributed by atoms with Gasteiger partial charge in [0.1, 0.15) is 11.5 Å². The number of pyridine rings is 1. The van der Waals surface area contributed by atoms with Crippen molar-refractivity contribution in [2.45, 2.75) is 12.8 Å². The minimum absolute atomic E-state index is 0.0508. The second kappa shape index (κ2) is 6.91. The molecule has 162 valence electrons. The molecule has 0 radical (unpaired) electrons. The van der Waals surface area contributed by atoms with E-state index < -0.39 is 29.4 Å². The van der Waals surface area contributed by atoms with Gasteiger partial charge in [-0.3, -0.25) is 4.79 Å². The first-order chi connectivity index (χ1) is 15.3. The van der Waals surface area contributed by atoms with Crippen molar-refractivity contribution in [2.75, 3.05) is 0 Å². The molecule has 0 spiro atoms. The van der Waals surface area contributed by atoms with Crippen LogP contribution in [0, 0.1) is 5.82 Å². The fourth-order valence-corrected chi connectivity index (χ4v) is 3.91. The van der Waals surface area contributed by atoms with Crippen molar-refractivity contribution >= 4 is 16.9 Å². The predicted molar refractivity (Wildman–Crippen MR) is 107 cm³/mol. The fourth-order valence-electron chi connectivity index (χ4n) is 3.91. The Balaban J connectivity index is 1.90. The first-order valence-corrected chi connectivity index (χ1v) is 9.36. The van der Waals surface area contributed by atoms with Crippen LogP contribution in [0.15, 0.2) is 59.5 Å².